The second-order valence-electron chi connectivity index (χ2n) is 4.21. The van der Waals surface area contributed by atoms with E-state index in [2.05, 4.69) is 15.3 Å². The highest BCUT2D eigenvalue weighted by atomic mass is 35.5. The molecule has 0 fully saturated rings. The van der Waals surface area contributed by atoms with Crippen LogP contribution in [0, 0.1) is 5.82 Å². The summed E-state index contributed by atoms with van der Waals surface area (Å²) in [7, 11) is 0. The Morgan fingerprint density at radius 2 is 2.11 bits per heavy atom. The van der Waals surface area contributed by atoms with Crippen LogP contribution in [0.3, 0.4) is 0 Å². The second-order valence-corrected chi connectivity index (χ2v) is 4.65. The number of hydrogen-bond donors (Lipinski definition) is 2. The molecule has 0 spiro atoms. The number of nitrogens with zero attached hydrogens (tertiary/aromatic N) is 1. The SMILES string of the molecule is Fc1ccc2nc(CNc3cccc(Cl)c3)[nH]c2c1. The number of H-pyrrole nitrogens is 1. The van der Waals surface area contributed by atoms with E-state index in [0.717, 1.165) is 17.0 Å². The summed E-state index contributed by atoms with van der Waals surface area (Å²) in [6, 6.07) is 11.9. The number of halogens is 2. The van der Waals surface area contributed by atoms with Crippen LogP contribution in [0.1, 0.15) is 5.82 Å². The number of benzene rings is 2. The lowest BCUT2D eigenvalue weighted by atomic mass is 10.3. The van der Waals surface area contributed by atoms with Gasteiger partial charge in [-0.2, -0.15) is 0 Å². The van der Waals surface area contributed by atoms with Crippen molar-refractivity contribution in [1.29, 1.82) is 0 Å². The largest absolute Gasteiger partial charge is 0.378 e. The molecule has 5 heteroatoms. The second kappa shape index (κ2) is 4.90. The summed E-state index contributed by atoms with van der Waals surface area (Å²) < 4.78 is 13.1. The first-order valence-electron chi connectivity index (χ1n) is 5.84. The number of rotatable bonds is 3. The highest BCUT2D eigenvalue weighted by Gasteiger charge is 2.03. The van der Waals surface area contributed by atoms with Crippen molar-refractivity contribution in [1.82, 2.24) is 9.97 Å². The van der Waals surface area contributed by atoms with Gasteiger partial charge in [-0.1, -0.05) is 17.7 Å². The van der Waals surface area contributed by atoms with Crippen LogP contribution in [0.5, 0.6) is 0 Å². The van der Waals surface area contributed by atoms with Crippen LogP contribution in [0.15, 0.2) is 42.5 Å². The number of nitrogens with one attached hydrogen (secondary N) is 2. The summed E-state index contributed by atoms with van der Waals surface area (Å²) >= 11 is 5.90. The number of aromatic nitrogens is 2. The van der Waals surface area contributed by atoms with E-state index in [4.69, 9.17) is 11.6 Å². The van der Waals surface area contributed by atoms with E-state index in [9.17, 15) is 4.39 Å². The monoisotopic (exact) mass is 275 g/mol. The molecule has 0 aliphatic rings. The molecule has 0 atom stereocenters. The van der Waals surface area contributed by atoms with Crippen molar-refractivity contribution in [2.24, 2.45) is 0 Å². The Kier molecular flexibility index (Phi) is 3.09. The summed E-state index contributed by atoms with van der Waals surface area (Å²) in [6.07, 6.45) is 0. The summed E-state index contributed by atoms with van der Waals surface area (Å²) in [5, 5.41) is 3.88. The smallest absolute Gasteiger partial charge is 0.126 e. The van der Waals surface area contributed by atoms with Gasteiger partial charge in [-0.25, -0.2) is 9.37 Å². The van der Waals surface area contributed by atoms with E-state index in [1.54, 1.807) is 6.07 Å². The van der Waals surface area contributed by atoms with Crippen LogP contribution in [-0.4, -0.2) is 9.97 Å². The van der Waals surface area contributed by atoms with Gasteiger partial charge in [0.1, 0.15) is 11.6 Å². The van der Waals surface area contributed by atoms with Gasteiger partial charge in [-0.3, -0.25) is 0 Å². The summed E-state index contributed by atoms with van der Waals surface area (Å²) in [4.78, 5) is 7.45. The molecule has 19 heavy (non-hydrogen) atoms. The number of anilines is 1. The number of imidazole rings is 1. The molecule has 3 aromatic rings. The van der Waals surface area contributed by atoms with E-state index >= 15 is 0 Å². The molecule has 1 aromatic heterocycles. The van der Waals surface area contributed by atoms with Crippen molar-refractivity contribution in [3.8, 4) is 0 Å². The minimum atomic E-state index is -0.273. The fourth-order valence-corrected chi connectivity index (χ4v) is 2.09. The van der Waals surface area contributed by atoms with Crippen molar-refractivity contribution in [2.75, 3.05) is 5.32 Å². The van der Waals surface area contributed by atoms with E-state index < -0.39 is 0 Å². The summed E-state index contributed by atoms with van der Waals surface area (Å²) in [5.41, 5.74) is 2.37. The van der Waals surface area contributed by atoms with E-state index in [-0.39, 0.29) is 5.82 Å². The molecule has 2 aromatic carbocycles. The molecule has 1 heterocycles. The Labute approximate surface area is 114 Å². The third kappa shape index (κ3) is 2.69. The van der Waals surface area contributed by atoms with Crippen LogP contribution in [0.2, 0.25) is 5.02 Å². The van der Waals surface area contributed by atoms with Crippen LogP contribution < -0.4 is 5.32 Å². The Balaban J connectivity index is 1.78. The Hall–Kier alpha value is -2.07. The van der Waals surface area contributed by atoms with Crippen LogP contribution in [0.25, 0.3) is 11.0 Å². The maximum Gasteiger partial charge on any atom is 0.126 e. The van der Waals surface area contributed by atoms with Crippen molar-refractivity contribution >= 4 is 28.3 Å². The first-order chi connectivity index (χ1) is 9.20. The maximum absolute atomic E-state index is 13.1. The van der Waals surface area contributed by atoms with Gasteiger partial charge in [0.15, 0.2) is 0 Å². The van der Waals surface area contributed by atoms with Crippen LogP contribution >= 0.6 is 11.6 Å². The first kappa shape index (κ1) is 12.0. The van der Waals surface area contributed by atoms with E-state index in [1.807, 2.05) is 24.3 Å². The average Bonchev–Trinajstić information content (AvgIpc) is 2.78. The topological polar surface area (TPSA) is 40.7 Å². The van der Waals surface area contributed by atoms with Crippen LogP contribution in [0.4, 0.5) is 10.1 Å². The van der Waals surface area contributed by atoms with Crippen LogP contribution in [-0.2, 0) is 6.54 Å². The van der Waals surface area contributed by atoms with Crippen molar-refractivity contribution in [3.05, 3.63) is 59.1 Å². The highest BCUT2D eigenvalue weighted by Crippen LogP contribution is 2.17. The predicted octanol–water partition coefficient (Wildman–Crippen LogP) is 3.97. The third-order valence-electron chi connectivity index (χ3n) is 2.78. The Morgan fingerprint density at radius 3 is 2.95 bits per heavy atom. The van der Waals surface area contributed by atoms with Gasteiger partial charge >= 0.3 is 0 Å². The van der Waals surface area contributed by atoms with Crippen molar-refractivity contribution in [3.63, 3.8) is 0 Å². The third-order valence-corrected chi connectivity index (χ3v) is 3.01. The molecule has 3 rings (SSSR count). The first-order valence-corrected chi connectivity index (χ1v) is 6.22. The number of aromatic amines is 1. The lowest BCUT2D eigenvalue weighted by Crippen LogP contribution is -2.00. The average molecular weight is 276 g/mol. The Morgan fingerprint density at radius 1 is 1.21 bits per heavy atom. The zero-order valence-electron chi connectivity index (χ0n) is 9.95. The minimum Gasteiger partial charge on any atom is -0.378 e. The molecular formula is C14H11ClFN3. The molecule has 0 saturated carbocycles. The zero-order valence-corrected chi connectivity index (χ0v) is 10.7. The summed E-state index contributed by atoms with van der Waals surface area (Å²) in [6.45, 7) is 0.524. The number of fused-ring (bicyclic) bond motifs is 1. The summed E-state index contributed by atoms with van der Waals surface area (Å²) in [5.74, 6) is 0.478. The molecular weight excluding hydrogens is 265 g/mol. The molecule has 0 amide bonds. The van der Waals surface area contributed by atoms with Gasteiger partial charge in [0.2, 0.25) is 0 Å². The quantitative estimate of drug-likeness (QED) is 0.759. The minimum absolute atomic E-state index is 0.273. The molecule has 0 radical (unpaired) electrons. The molecule has 3 nitrogen and oxygen atoms in total. The van der Waals surface area contributed by atoms with Crippen molar-refractivity contribution in [2.45, 2.75) is 6.54 Å². The molecule has 0 unspecified atom stereocenters. The standard InChI is InChI=1S/C14H11ClFN3/c15-9-2-1-3-11(6-9)17-8-14-18-12-5-4-10(16)7-13(12)19-14/h1-7,17H,8H2,(H,18,19). The maximum atomic E-state index is 13.1. The van der Waals surface area contributed by atoms with Gasteiger partial charge in [0, 0.05) is 10.7 Å². The molecule has 0 aliphatic carbocycles. The fourth-order valence-electron chi connectivity index (χ4n) is 1.90. The highest BCUT2D eigenvalue weighted by molar-refractivity contribution is 6.30. The number of hydrogen-bond acceptors (Lipinski definition) is 2. The molecule has 96 valence electrons. The van der Waals surface area contributed by atoms with Gasteiger partial charge in [-0.15, -0.1) is 0 Å². The van der Waals surface area contributed by atoms with Gasteiger partial charge in [0.25, 0.3) is 0 Å². The normalized spacial score (nSPS) is 10.8. The molecule has 0 saturated heterocycles. The fraction of sp³-hybridized carbons (Fsp3) is 0.0714. The van der Waals surface area contributed by atoms with Gasteiger partial charge < -0.3 is 10.3 Å². The molecule has 2 N–H and O–H groups in total. The predicted molar refractivity (Wildman–Crippen MR) is 74.8 cm³/mol. The Bertz CT molecular complexity index is 724. The lowest BCUT2D eigenvalue weighted by Gasteiger charge is -2.04. The van der Waals surface area contributed by atoms with Gasteiger partial charge in [0.05, 0.1) is 17.6 Å². The zero-order chi connectivity index (χ0) is 13.2. The van der Waals surface area contributed by atoms with E-state index in [1.165, 1.54) is 12.1 Å². The molecule has 0 bridgehead atoms. The lowest BCUT2D eigenvalue weighted by molar-refractivity contribution is 0.629. The van der Waals surface area contributed by atoms with E-state index in [0.29, 0.717) is 17.1 Å². The van der Waals surface area contributed by atoms with Crippen molar-refractivity contribution < 1.29 is 4.39 Å². The molecule has 0 aliphatic heterocycles. The van der Waals surface area contributed by atoms with Gasteiger partial charge in [-0.05, 0) is 36.4 Å².